The molecule has 0 spiro atoms. The maximum atomic E-state index is 12.1. The molecule has 1 N–H and O–H groups in total. The summed E-state index contributed by atoms with van der Waals surface area (Å²) in [6.07, 6.45) is 2.24. The first-order valence-electron chi connectivity index (χ1n) is 7.99. The number of nitrogens with zero attached hydrogens (tertiary/aromatic N) is 3. The molecule has 1 aromatic heterocycles. The summed E-state index contributed by atoms with van der Waals surface area (Å²) in [5, 5.41) is 7.53. The fraction of sp³-hybridized carbons (Fsp3) is 0.750. The molecule has 1 atom stereocenters. The van der Waals surface area contributed by atoms with Gasteiger partial charge in [0.25, 0.3) is 0 Å². The number of urea groups is 1. The molecule has 1 aliphatic heterocycles. The van der Waals surface area contributed by atoms with Crippen molar-refractivity contribution in [2.45, 2.75) is 47.1 Å². The predicted octanol–water partition coefficient (Wildman–Crippen LogP) is 2.58. The Bertz CT molecular complexity index is 475. The van der Waals surface area contributed by atoms with Gasteiger partial charge in [-0.05, 0) is 44.6 Å². The van der Waals surface area contributed by atoms with E-state index in [2.05, 4.69) is 37.3 Å². The average molecular weight is 292 g/mol. The van der Waals surface area contributed by atoms with Crippen molar-refractivity contribution in [3.8, 4) is 0 Å². The molecule has 0 saturated carbocycles. The third-order valence-corrected chi connectivity index (χ3v) is 4.26. The number of aryl methyl sites for hydroxylation is 2. The zero-order valence-electron chi connectivity index (χ0n) is 13.7. The van der Waals surface area contributed by atoms with E-state index >= 15 is 0 Å². The van der Waals surface area contributed by atoms with Gasteiger partial charge in [0.05, 0.1) is 5.69 Å². The Kier molecular flexibility index (Phi) is 5.26. The van der Waals surface area contributed by atoms with Gasteiger partial charge in [0.1, 0.15) is 0 Å². The van der Waals surface area contributed by atoms with Crippen molar-refractivity contribution in [3.05, 3.63) is 17.5 Å². The standard InChI is InChI=1S/C16H28N4O/c1-12-5-7-19(8-6-12)16(21)17-10-13(2)11-20-15(4)9-14(3)18-20/h9,12-13H,5-8,10-11H2,1-4H3,(H,17,21). The van der Waals surface area contributed by atoms with Crippen LogP contribution in [0, 0.1) is 25.7 Å². The molecule has 0 bridgehead atoms. The average Bonchev–Trinajstić information content (AvgIpc) is 2.75. The van der Waals surface area contributed by atoms with Crippen molar-refractivity contribution in [2.75, 3.05) is 19.6 Å². The van der Waals surface area contributed by atoms with Crippen LogP contribution in [-0.4, -0.2) is 40.3 Å². The number of amides is 2. The van der Waals surface area contributed by atoms with Gasteiger partial charge in [-0.3, -0.25) is 4.68 Å². The van der Waals surface area contributed by atoms with Crippen LogP contribution in [0.4, 0.5) is 4.79 Å². The Morgan fingerprint density at radius 3 is 2.67 bits per heavy atom. The van der Waals surface area contributed by atoms with Crippen LogP contribution in [0.25, 0.3) is 0 Å². The van der Waals surface area contributed by atoms with Gasteiger partial charge in [0.15, 0.2) is 0 Å². The van der Waals surface area contributed by atoms with Crippen LogP contribution in [0.3, 0.4) is 0 Å². The number of carbonyl (C=O) groups excluding carboxylic acids is 1. The first kappa shape index (κ1) is 15.9. The van der Waals surface area contributed by atoms with Gasteiger partial charge in [0, 0.05) is 31.9 Å². The maximum Gasteiger partial charge on any atom is 0.317 e. The van der Waals surface area contributed by atoms with Crippen LogP contribution in [0.1, 0.15) is 38.1 Å². The second kappa shape index (κ2) is 6.96. The van der Waals surface area contributed by atoms with Crippen LogP contribution < -0.4 is 5.32 Å². The summed E-state index contributed by atoms with van der Waals surface area (Å²) in [6.45, 7) is 11.8. The van der Waals surface area contributed by atoms with Crippen molar-refractivity contribution in [2.24, 2.45) is 11.8 Å². The fourth-order valence-corrected chi connectivity index (χ4v) is 2.80. The van der Waals surface area contributed by atoms with Gasteiger partial charge >= 0.3 is 6.03 Å². The van der Waals surface area contributed by atoms with Crippen LogP contribution in [0.5, 0.6) is 0 Å². The highest BCUT2D eigenvalue weighted by Gasteiger charge is 2.20. The molecule has 21 heavy (non-hydrogen) atoms. The van der Waals surface area contributed by atoms with E-state index in [0.717, 1.165) is 44.1 Å². The van der Waals surface area contributed by atoms with Crippen molar-refractivity contribution < 1.29 is 4.79 Å². The number of piperidine rings is 1. The minimum Gasteiger partial charge on any atom is -0.338 e. The molecular weight excluding hydrogens is 264 g/mol. The number of rotatable bonds is 4. The summed E-state index contributed by atoms with van der Waals surface area (Å²) >= 11 is 0. The van der Waals surface area contributed by atoms with Crippen LogP contribution in [0.2, 0.25) is 0 Å². The van der Waals surface area contributed by atoms with Gasteiger partial charge in [0.2, 0.25) is 0 Å². The number of carbonyl (C=O) groups is 1. The van der Waals surface area contributed by atoms with Crippen LogP contribution >= 0.6 is 0 Å². The third kappa shape index (κ3) is 4.48. The fourth-order valence-electron chi connectivity index (χ4n) is 2.80. The van der Waals surface area contributed by atoms with Gasteiger partial charge in [-0.25, -0.2) is 4.79 Å². The summed E-state index contributed by atoms with van der Waals surface area (Å²) in [6, 6.07) is 2.17. The second-order valence-corrected chi connectivity index (χ2v) is 6.57. The van der Waals surface area contributed by atoms with Crippen molar-refractivity contribution in [1.29, 1.82) is 0 Å². The minimum absolute atomic E-state index is 0.0853. The van der Waals surface area contributed by atoms with Crippen LogP contribution in [0.15, 0.2) is 6.07 Å². The van der Waals surface area contributed by atoms with E-state index in [9.17, 15) is 4.79 Å². The Balaban J connectivity index is 1.74. The lowest BCUT2D eigenvalue weighted by molar-refractivity contribution is 0.172. The Morgan fingerprint density at radius 1 is 1.43 bits per heavy atom. The highest BCUT2D eigenvalue weighted by atomic mass is 16.2. The summed E-state index contributed by atoms with van der Waals surface area (Å²) in [4.78, 5) is 14.1. The first-order valence-corrected chi connectivity index (χ1v) is 7.99. The molecule has 2 amide bonds. The van der Waals surface area contributed by atoms with Gasteiger partial charge in [-0.2, -0.15) is 5.10 Å². The van der Waals surface area contributed by atoms with E-state index in [1.807, 2.05) is 16.5 Å². The summed E-state index contributed by atoms with van der Waals surface area (Å²) in [5.41, 5.74) is 2.22. The number of likely N-dealkylation sites (tertiary alicyclic amines) is 1. The summed E-state index contributed by atoms with van der Waals surface area (Å²) < 4.78 is 2.02. The normalized spacial score (nSPS) is 17.8. The topological polar surface area (TPSA) is 50.2 Å². The summed E-state index contributed by atoms with van der Waals surface area (Å²) in [5.74, 6) is 1.12. The lowest BCUT2D eigenvalue weighted by Gasteiger charge is -2.30. The first-order chi connectivity index (χ1) is 9.95. The van der Waals surface area contributed by atoms with Crippen LogP contribution in [-0.2, 0) is 6.54 Å². The number of hydrogen-bond donors (Lipinski definition) is 1. The SMILES string of the molecule is Cc1cc(C)n(CC(C)CNC(=O)N2CCC(C)CC2)n1. The lowest BCUT2D eigenvalue weighted by atomic mass is 10.00. The van der Waals surface area contributed by atoms with Gasteiger partial charge in [-0.1, -0.05) is 13.8 Å². The third-order valence-electron chi connectivity index (χ3n) is 4.26. The molecule has 1 saturated heterocycles. The Hall–Kier alpha value is -1.52. The predicted molar refractivity (Wildman–Crippen MR) is 84.2 cm³/mol. The van der Waals surface area contributed by atoms with Crippen molar-refractivity contribution >= 4 is 6.03 Å². The Labute approximate surface area is 127 Å². The molecule has 1 unspecified atom stereocenters. The Morgan fingerprint density at radius 2 is 2.10 bits per heavy atom. The molecule has 1 aliphatic rings. The molecule has 1 aromatic rings. The molecule has 5 nitrogen and oxygen atoms in total. The van der Waals surface area contributed by atoms with E-state index in [0.29, 0.717) is 12.5 Å². The zero-order chi connectivity index (χ0) is 15.4. The molecule has 0 aliphatic carbocycles. The van der Waals surface area contributed by atoms with Gasteiger partial charge in [-0.15, -0.1) is 0 Å². The molecule has 2 rings (SSSR count). The quantitative estimate of drug-likeness (QED) is 0.927. The molecule has 1 fully saturated rings. The maximum absolute atomic E-state index is 12.1. The minimum atomic E-state index is 0.0853. The van der Waals surface area contributed by atoms with Crippen molar-refractivity contribution in [1.82, 2.24) is 20.0 Å². The van der Waals surface area contributed by atoms with E-state index in [1.54, 1.807) is 0 Å². The van der Waals surface area contributed by atoms with Crippen molar-refractivity contribution in [3.63, 3.8) is 0 Å². The molecule has 5 heteroatoms. The molecular formula is C16H28N4O. The summed E-state index contributed by atoms with van der Waals surface area (Å²) in [7, 11) is 0. The van der Waals surface area contributed by atoms with Gasteiger partial charge < -0.3 is 10.2 Å². The molecule has 0 radical (unpaired) electrons. The highest BCUT2D eigenvalue weighted by molar-refractivity contribution is 5.74. The monoisotopic (exact) mass is 292 g/mol. The second-order valence-electron chi connectivity index (χ2n) is 6.57. The highest BCUT2D eigenvalue weighted by Crippen LogP contribution is 2.15. The smallest absolute Gasteiger partial charge is 0.317 e. The molecule has 0 aromatic carbocycles. The molecule has 118 valence electrons. The van der Waals surface area contributed by atoms with E-state index in [4.69, 9.17) is 0 Å². The van der Waals surface area contributed by atoms with E-state index in [-0.39, 0.29) is 6.03 Å². The number of nitrogens with one attached hydrogen (secondary N) is 1. The number of hydrogen-bond acceptors (Lipinski definition) is 2. The van der Waals surface area contributed by atoms with E-state index < -0.39 is 0 Å². The lowest BCUT2D eigenvalue weighted by Crippen LogP contribution is -2.45. The molecule has 2 heterocycles. The zero-order valence-corrected chi connectivity index (χ0v) is 13.7. The van der Waals surface area contributed by atoms with E-state index in [1.165, 1.54) is 5.69 Å². The largest absolute Gasteiger partial charge is 0.338 e. The number of aromatic nitrogens is 2.